The Kier molecular flexibility index (Phi) is 6.84. The molecule has 0 amide bonds. The van der Waals surface area contributed by atoms with Crippen LogP contribution in [0.2, 0.25) is 0 Å². The first-order valence-electron chi connectivity index (χ1n) is 7.25. The number of rotatable bonds is 9. The van der Waals surface area contributed by atoms with Crippen molar-refractivity contribution in [1.29, 1.82) is 0 Å². The minimum Gasteiger partial charge on any atom is -0.465 e. The van der Waals surface area contributed by atoms with Crippen LogP contribution in [-0.2, 0) is 19.1 Å². The number of hydrogen-bond donors (Lipinski definition) is 1. The van der Waals surface area contributed by atoms with Crippen molar-refractivity contribution in [2.24, 2.45) is 0 Å². The largest absolute Gasteiger partial charge is 0.465 e. The van der Waals surface area contributed by atoms with Crippen LogP contribution in [0.25, 0.3) is 0 Å². The van der Waals surface area contributed by atoms with Crippen LogP contribution in [-0.4, -0.2) is 44.3 Å². The molecule has 110 valence electrons. The second-order valence-corrected chi connectivity index (χ2v) is 5.04. The normalized spacial score (nSPS) is 22.7. The molecule has 1 saturated heterocycles. The molecular formula is C14H26NO4+. The predicted molar refractivity (Wildman–Crippen MR) is 70.8 cm³/mol. The number of nitrogens with one attached hydrogen (secondary N) is 1. The zero-order valence-electron chi connectivity index (χ0n) is 12.2. The van der Waals surface area contributed by atoms with E-state index in [1.807, 2.05) is 6.92 Å². The highest BCUT2D eigenvalue weighted by molar-refractivity contribution is 5.78. The van der Waals surface area contributed by atoms with E-state index in [0.29, 0.717) is 19.6 Å². The van der Waals surface area contributed by atoms with Crippen LogP contribution >= 0.6 is 0 Å². The first kappa shape index (κ1) is 16.0. The Morgan fingerprint density at radius 3 is 2.58 bits per heavy atom. The molecule has 0 saturated carbocycles. The van der Waals surface area contributed by atoms with Gasteiger partial charge in [0.1, 0.15) is 6.54 Å². The standard InChI is InChI=1S/C14H25NO4/c1-4-6-7-8-9-19-14(17)12-10-15(12)11(5-2)13(16)18-3/h11-12H,4-10H2,1-3H3/p+1/t11-,12-,15?/m0/s1. The minimum atomic E-state index is -0.240. The van der Waals surface area contributed by atoms with Crippen LogP contribution in [0.4, 0.5) is 0 Å². The molecule has 1 unspecified atom stereocenters. The van der Waals surface area contributed by atoms with Gasteiger partial charge in [-0.15, -0.1) is 0 Å². The number of unbranched alkanes of at least 4 members (excludes halogenated alkanes) is 3. The summed E-state index contributed by atoms with van der Waals surface area (Å²) in [5.74, 6) is -0.412. The van der Waals surface area contributed by atoms with Crippen LogP contribution in [0.1, 0.15) is 46.0 Å². The van der Waals surface area contributed by atoms with Crippen molar-refractivity contribution >= 4 is 11.9 Å². The van der Waals surface area contributed by atoms with Crippen LogP contribution < -0.4 is 4.90 Å². The van der Waals surface area contributed by atoms with Crippen LogP contribution in [0.15, 0.2) is 0 Å². The molecule has 5 nitrogen and oxygen atoms in total. The van der Waals surface area contributed by atoms with E-state index in [-0.39, 0.29) is 24.0 Å². The van der Waals surface area contributed by atoms with Gasteiger partial charge in [0.05, 0.1) is 13.7 Å². The van der Waals surface area contributed by atoms with Gasteiger partial charge in [0.2, 0.25) is 6.04 Å². The van der Waals surface area contributed by atoms with E-state index in [9.17, 15) is 9.59 Å². The molecule has 1 aliphatic rings. The summed E-state index contributed by atoms with van der Waals surface area (Å²) in [5, 5.41) is 0. The monoisotopic (exact) mass is 272 g/mol. The highest BCUT2D eigenvalue weighted by Crippen LogP contribution is 2.03. The Hall–Kier alpha value is -1.10. The lowest BCUT2D eigenvalue weighted by Crippen LogP contribution is -3.01. The van der Waals surface area contributed by atoms with Gasteiger partial charge in [0.15, 0.2) is 6.04 Å². The molecule has 19 heavy (non-hydrogen) atoms. The number of carbonyl (C=O) groups is 2. The Labute approximate surface area is 115 Å². The first-order valence-corrected chi connectivity index (χ1v) is 7.25. The van der Waals surface area contributed by atoms with Crippen LogP contribution in [0, 0.1) is 0 Å². The summed E-state index contributed by atoms with van der Waals surface area (Å²) in [6, 6.07) is -0.405. The summed E-state index contributed by atoms with van der Waals surface area (Å²) in [7, 11) is 1.38. The van der Waals surface area contributed by atoms with Gasteiger partial charge in [-0.2, -0.15) is 0 Å². The quantitative estimate of drug-likeness (QED) is 0.373. The van der Waals surface area contributed by atoms with E-state index < -0.39 is 0 Å². The molecule has 3 atom stereocenters. The smallest absolute Gasteiger partial charge is 0.371 e. The van der Waals surface area contributed by atoms with Crippen molar-refractivity contribution in [3.63, 3.8) is 0 Å². The molecule has 0 aromatic carbocycles. The lowest BCUT2D eigenvalue weighted by Gasteiger charge is -2.11. The Balaban J connectivity index is 2.23. The molecule has 1 fully saturated rings. The zero-order chi connectivity index (χ0) is 14.3. The molecule has 5 heteroatoms. The van der Waals surface area contributed by atoms with Gasteiger partial charge >= 0.3 is 11.9 Å². The van der Waals surface area contributed by atoms with Crippen molar-refractivity contribution in [2.45, 2.75) is 58.0 Å². The average Bonchev–Trinajstić information content (AvgIpc) is 3.19. The van der Waals surface area contributed by atoms with Crippen molar-refractivity contribution in [1.82, 2.24) is 0 Å². The molecular weight excluding hydrogens is 246 g/mol. The fourth-order valence-corrected chi connectivity index (χ4v) is 2.32. The number of esters is 2. The highest BCUT2D eigenvalue weighted by atomic mass is 16.5. The summed E-state index contributed by atoms with van der Waals surface area (Å²) in [6.07, 6.45) is 5.06. The fourth-order valence-electron chi connectivity index (χ4n) is 2.32. The van der Waals surface area contributed by atoms with Gasteiger partial charge in [-0.05, 0) is 6.42 Å². The summed E-state index contributed by atoms with van der Waals surface area (Å²) in [4.78, 5) is 24.3. The highest BCUT2D eigenvalue weighted by Gasteiger charge is 2.54. The van der Waals surface area contributed by atoms with E-state index in [4.69, 9.17) is 9.47 Å². The van der Waals surface area contributed by atoms with Crippen LogP contribution in [0.3, 0.4) is 0 Å². The predicted octanol–water partition coefficient (Wildman–Crippen LogP) is 0.329. The second-order valence-electron chi connectivity index (χ2n) is 5.04. The number of hydrogen-bond acceptors (Lipinski definition) is 4. The summed E-state index contributed by atoms with van der Waals surface area (Å²) >= 11 is 0. The molecule has 0 aliphatic carbocycles. The Morgan fingerprint density at radius 1 is 1.26 bits per heavy atom. The lowest BCUT2D eigenvalue weighted by molar-refractivity contribution is -0.790. The van der Waals surface area contributed by atoms with E-state index in [1.165, 1.54) is 20.0 Å². The van der Waals surface area contributed by atoms with Crippen molar-refractivity contribution in [3.8, 4) is 0 Å². The van der Waals surface area contributed by atoms with Crippen molar-refractivity contribution in [2.75, 3.05) is 20.3 Å². The number of carbonyl (C=O) groups excluding carboxylic acids is 2. The van der Waals surface area contributed by atoms with Gasteiger partial charge in [0.25, 0.3) is 0 Å². The molecule has 1 heterocycles. The Morgan fingerprint density at radius 2 is 2.00 bits per heavy atom. The molecule has 0 spiro atoms. The molecule has 1 rings (SSSR count). The molecule has 0 radical (unpaired) electrons. The third-order valence-corrected chi connectivity index (χ3v) is 3.60. The molecule has 1 aliphatic heterocycles. The van der Waals surface area contributed by atoms with Crippen LogP contribution in [0.5, 0.6) is 0 Å². The maximum atomic E-state index is 11.8. The number of ether oxygens (including phenoxy) is 2. The van der Waals surface area contributed by atoms with E-state index in [0.717, 1.165) is 17.7 Å². The van der Waals surface area contributed by atoms with E-state index in [1.54, 1.807) is 0 Å². The molecule has 0 bridgehead atoms. The zero-order valence-corrected chi connectivity index (χ0v) is 12.2. The third-order valence-electron chi connectivity index (χ3n) is 3.60. The molecule has 0 aromatic rings. The van der Waals surface area contributed by atoms with Gasteiger partial charge < -0.3 is 14.4 Å². The topological polar surface area (TPSA) is 57.0 Å². The molecule has 0 aromatic heterocycles. The first-order chi connectivity index (χ1) is 9.15. The number of quaternary nitrogens is 1. The SMILES string of the molecule is CCCCCCOC(=O)[C@@H]1C[NH+]1[C@@H](CC)C(=O)OC. The lowest BCUT2D eigenvalue weighted by atomic mass is 10.2. The average molecular weight is 272 g/mol. The summed E-state index contributed by atoms with van der Waals surface area (Å²) in [5.41, 5.74) is 0. The second kappa shape index (κ2) is 8.15. The van der Waals surface area contributed by atoms with Gasteiger partial charge in [0, 0.05) is 6.42 Å². The Bertz CT molecular complexity index is 306. The third kappa shape index (κ3) is 4.82. The summed E-state index contributed by atoms with van der Waals surface area (Å²) in [6.45, 7) is 5.26. The van der Waals surface area contributed by atoms with Crippen molar-refractivity contribution < 1.29 is 24.0 Å². The van der Waals surface area contributed by atoms with E-state index >= 15 is 0 Å². The van der Waals surface area contributed by atoms with E-state index in [2.05, 4.69) is 6.92 Å². The minimum absolute atomic E-state index is 0.171. The molecule has 1 N–H and O–H groups in total. The number of methoxy groups -OCH3 is 1. The van der Waals surface area contributed by atoms with Gasteiger partial charge in [-0.25, -0.2) is 9.59 Å². The maximum Gasteiger partial charge on any atom is 0.371 e. The van der Waals surface area contributed by atoms with Crippen molar-refractivity contribution in [3.05, 3.63) is 0 Å². The fraction of sp³-hybridized carbons (Fsp3) is 0.857. The van der Waals surface area contributed by atoms with Gasteiger partial charge in [-0.3, -0.25) is 0 Å². The summed E-state index contributed by atoms with van der Waals surface area (Å²) < 4.78 is 9.99. The maximum absolute atomic E-state index is 11.8. The van der Waals surface area contributed by atoms with Gasteiger partial charge in [-0.1, -0.05) is 33.1 Å².